The van der Waals surface area contributed by atoms with Crippen LogP contribution in [0, 0.1) is 0 Å². The lowest BCUT2D eigenvalue weighted by Gasteiger charge is -2.12. The second-order valence-electron chi connectivity index (χ2n) is 5.21. The van der Waals surface area contributed by atoms with Gasteiger partial charge in [0.2, 0.25) is 0 Å². The molecule has 0 unspecified atom stereocenters. The molecule has 1 aliphatic rings. The number of imide groups is 1. The lowest BCUT2D eigenvalue weighted by Crippen LogP contribution is -2.35. The van der Waals surface area contributed by atoms with Crippen LogP contribution in [0.4, 0.5) is 10.5 Å². The Bertz CT molecular complexity index is 845. The van der Waals surface area contributed by atoms with Crippen LogP contribution in [0.25, 0.3) is 0 Å². The van der Waals surface area contributed by atoms with Gasteiger partial charge in [-0.25, -0.2) is 14.5 Å². The minimum absolute atomic E-state index is 0.0594. The number of hydrogen-bond acceptors (Lipinski definition) is 7. The molecule has 0 saturated carbocycles. The van der Waals surface area contributed by atoms with Crippen molar-refractivity contribution < 1.29 is 33.1 Å². The summed E-state index contributed by atoms with van der Waals surface area (Å²) in [7, 11) is 0. The van der Waals surface area contributed by atoms with Gasteiger partial charge in [0, 0.05) is 0 Å². The number of anilines is 1. The van der Waals surface area contributed by atoms with Gasteiger partial charge in [0.05, 0.1) is 24.1 Å². The van der Waals surface area contributed by atoms with Crippen molar-refractivity contribution >= 4 is 29.6 Å². The van der Waals surface area contributed by atoms with E-state index in [0.717, 1.165) is 4.90 Å². The van der Waals surface area contributed by atoms with E-state index in [2.05, 4.69) is 10.1 Å². The van der Waals surface area contributed by atoms with E-state index in [0.29, 0.717) is 0 Å². The zero-order chi connectivity index (χ0) is 18.5. The van der Waals surface area contributed by atoms with Crippen molar-refractivity contribution in [3.8, 4) is 0 Å². The maximum Gasteiger partial charge on any atom is 0.416 e. The fraction of sp³-hybridized carbons (Fsp3) is 0.176. The Kier molecular flexibility index (Phi) is 4.97. The highest BCUT2D eigenvalue weighted by molar-refractivity contribution is 6.07. The van der Waals surface area contributed by atoms with Gasteiger partial charge in [0.15, 0.2) is 12.4 Å². The van der Waals surface area contributed by atoms with Crippen molar-refractivity contribution in [2.45, 2.75) is 0 Å². The Morgan fingerprint density at radius 2 is 1.96 bits per heavy atom. The zero-order valence-corrected chi connectivity index (χ0v) is 13.5. The molecule has 2 aromatic rings. The van der Waals surface area contributed by atoms with Crippen LogP contribution in [-0.4, -0.2) is 48.5 Å². The number of rotatable bonds is 5. The number of nitrogens with one attached hydrogen (secondary N) is 1. The van der Waals surface area contributed by atoms with Crippen LogP contribution < -0.4 is 5.32 Å². The van der Waals surface area contributed by atoms with Crippen molar-refractivity contribution in [1.82, 2.24) is 4.90 Å². The molecular weight excluding hydrogens is 344 g/mol. The van der Waals surface area contributed by atoms with Gasteiger partial charge in [-0.05, 0) is 24.3 Å². The van der Waals surface area contributed by atoms with Gasteiger partial charge in [0.25, 0.3) is 11.8 Å². The third kappa shape index (κ3) is 3.72. The normalized spacial score (nSPS) is 13.2. The van der Waals surface area contributed by atoms with Gasteiger partial charge < -0.3 is 19.2 Å². The highest BCUT2D eigenvalue weighted by Gasteiger charge is 2.29. The van der Waals surface area contributed by atoms with E-state index in [1.54, 1.807) is 18.2 Å². The first kappa shape index (κ1) is 17.2. The molecule has 1 fully saturated rings. The number of hydrogen-bond donors (Lipinski definition) is 1. The fourth-order valence-electron chi connectivity index (χ4n) is 2.26. The number of benzene rings is 1. The summed E-state index contributed by atoms with van der Waals surface area (Å²) < 4.78 is 14.6. The first-order chi connectivity index (χ1) is 12.6. The van der Waals surface area contributed by atoms with Crippen LogP contribution in [0.5, 0.6) is 0 Å². The molecule has 0 atom stereocenters. The summed E-state index contributed by atoms with van der Waals surface area (Å²) in [6.07, 6.45) is 0.585. The van der Waals surface area contributed by atoms with Gasteiger partial charge in [-0.3, -0.25) is 9.59 Å². The molecule has 1 saturated heterocycles. The third-order valence-electron chi connectivity index (χ3n) is 3.53. The molecule has 0 radical (unpaired) electrons. The second kappa shape index (κ2) is 7.51. The van der Waals surface area contributed by atoms with Crippen LogP contribution >= 0.6 is 0 Å². The number of ether oxygens (including phenoxy) is 2. The van der Waals surface area contributed by atoms with Crippen LogP contribution in [-0.2, 0) is 14.3 Å². The van der Waals surface area contributed by atoms with Crippen molar-refractivity contribution in [3.63, 3.8) is 0 Å². The van der Waals surface area contributed by atoms with Gasteiger partial charge in [0.1, 0.15) is 6.61 Å². The molecule has 3 rings (SSSR count). The number of cyclic esters (lactones) is 1. The van der Waals surface area contributed by atoms with Crippen molar-refractivity contribution in [3.05, 3.63) is 54.0 Å². The van der Waals surface area contributed by atoms with E-state index >= 15 is 0 Å². The van der Waals surface area contributed by atoms with Gasteiger partial charge >= 0.3 is 12.1 Å². The van der Waals surface area contributed by atoms with Gasteiger partial charge in [-0.15, -0.1) is 0 Å². The standard InChI is InChI=1S/C17H14N2O7/c20-14(19-7-9-25-17(19)23)10-26-16(22)11-4-1-2-5-12(11)18-15(21)13-6-3-8-24-13/h1-6,8H,7,9-10H2,(H,18,21). The summed E-state index contributed by atoms with van der Waals surface area (Å²) >= 11 is 0. The van der Waals surface area contributed by atoms with Crippen LogP contribution in [0.15, 0.2) is 47.1 Å². The maximum absolute atomic E-state index is 12.3. The summed E-state index contributed by atoms with van der Waals surface area (Å²) in [5.74, 6) is -1.96. The van der Waals surface area contributed by atoms with Gasteiger partial charge in [-0.1, -0.05) is 12.1 Å². The SMILES string of the molecule is O=C(Nc1ccccc1C(=O)OCC(=O)N1CCOC1=O)c1ccco1. The molecule has 2 heterocycles. The summed E-state index contributed by atoms with van der Waals surface area (Å²) in [5, 5.41) is 2.54. The average molecular weight is 358 g/mol. The molecule has 1 N–H and O–H groups in total. The molecule has 9 heteroatoms. The first-order valence-electron chi connectivity index (χ1n) is 7.64. The smallest absolute Gasteiger partial charge is 0.416 e. The number of esters is 1. The average Bonchev–Trinajstić information content (AvgIpc) is 3.31. The van der Waals surface area contributed by atoms with Crippen molar-refractivity contribution in [2.24, 2.45) is 0 Å². The van der Waals surface area contributed by atoms with Crippen molar-refractivity contribution in [2.75, 3.05) is 25.1 Å². The second-order valence-corrected chi connectivity index (χ2v) is 5.21. The lowest BCUT2D eigenvalue weighted by atomic mass is 10.1. The van der Waals surface area contributed by atoms with Crippen LogP contribution in [0.1, 0.15) is 20.9 Å². The molecular formula is C17H14N2O7. The molecule has 0 bridgehead atoms. The highest BCUT2D eigenvalue weighted by atomic mass is 16.6. The van der Waals surface area contributed by atoms with Gasteiger partial charge in [-0.2, -0.15) is 0 Å². The van der Waals surface area contributed by atoms with Crippen LogP contribution in [0.3, 0.4) is 0 Å². The summed E-state index contributed by atoms with van der Waals surface area (Å²) in [6, 6.07) is 9.19. The zero-order valence-electron chi connectivity index (χ0n) is 13.5. The van der Waals surface area contributed by atoms with E-state index in [4.69, 9.17) is 9.15 Å². The van der Waals surface area contributed by atoms with E-state index in [9.17, 15) is 19.2 Å². The minimum atomic E-state index is -0.818. The Balaban J connectivity index is 1.65. The molecule has 1 aromatic carbocycles. The quantitative estimate of drug-likeness (QED) is 0.808. The number of para-hydroxylation sites is 1. The Hall–Kier alpha value is -3.62. The Morgan fingerprint density at radius 3 is 2.65 bits per heavy atom. The summed E-state index contributed by atoms with van der Waals surface area (Å²) in [4.78, 5) is 48.3. The molecule has 0 spiro atoms. The Labute approximate surface area is 147 Å². The van der Waals surface area contributed by atoms with Crippen LogP contribution in [0.2, 0.25) is 0 Å². The third-order valence-corrected chi connectivity index (χ3v) is 3.53. The predicted octanol–water partition coefficient (Wildman–Crippen LogP) is 1.67. The monoisotopic (exact) mass is 358 g/mol. The molecule has 9 nitrogen and oxygen atoms in total. The molecule has 0 aliphatic carbocycles. The fourth-order valence-corrected chi connectivity index (χ4v) is 2.26. The number of nitrogens with zero attached hydrogens (tertiary/aromatic N) is 1. The summed E-state index contributed by atoms with van der Waals surface area (Å²) in [5.41, 5.74) is 0.260. The number of furan rings is 1. The molecule has 134 valence electrons. The summed E-state index contributed by atoms with van der Waals surface area (Å²) in [6.45, 7) is -0.389. The van der Waals surface area contributed by atoms with Crippen molar-refractivity contribution in [1.29, 1.82) is 0 Å². The molecule has 1 aliphatic heterocycles. The topological polar surface area (TPSA) is 115 Å². The molecule has 26 heavy (non-hydrogen) atoms. The largest absolute Gasteiger partial charge is 0.459 e. The van der Waals surface area contributed by atoms with E-state index in [-0.39, 0.29) is 30.2 Å². The number of carbonyl (C=O) groups excluding carboxylic acids is 4. The molecule has 1 aromatic heterocycles. The first-order valence-corrected chi connectivity index (χ1v) is 7.64. The van der Waals surface area contributed by atoms with E-state index < -0.39 is 30.5 Å². The minimum Gasteiger partial charge on any atom is -0.459 e. The maximum atomic E-state index is 12.3. The lowest BCUT2D eigenvalue weighted by molar-refractivity contribution is -0.131. The predicted molar refractivity (Wildman–Crippen MR) is 86.4 cm³/mol. The number of amides is 3. The Morgan fingerprint density at radius 1 is 1.15 bits per heavy atom. The molecule has 3 amide bonds. The van der Waals surface area contributed by atoms with E-state index in [1.807, 2.05) is 0 Å². The number of carbonyl (C=O) groups is 4. The van der Waals surface area contributed by atoms with E-state index in [1.165, 1.54) is 24.5 Å². The highest BCUT2D eigenvalue weighted by Crippen LogP contribution is 2.18.